The second-order valence-electron chi connectivity index (χ2n) is 4.82. The molecular formula is C15H25ClN2O2. The van der Waals surface area contributed by atoms with E-state index in [1.807, 2.05) is 44.3 Å². The van der Waals surface area contributed by atoms with Crippen LogP contribution < -0.4 is 10.6 Å². The van der Waals surface area contributed by atoms with Crippen molar-refractivity contribution in [2.24, 2.45) is 5.92 Å². The zero-order chi connectivity index (χ0) is 14.1. The fourth-order valence-corrected chi connectivity index (χ4v) is 2.06. The number of hydrogen-bond acceptors (Lipinski definition) is 3. The quantitative estimate of drug-likeness (QED) is 0.682. The average Bonchev–Trinajstić information content (AvgIpc) is 2.44. The minimum atomic E-state index is -0.0458. The summed E-state index contributed by atoms with van der Waals surface area (Å²) in [6.07, 6.45) is 0.657. The Morgan fingerprint density at radius 1 is 1.25 bits per heavy atom. The summed E-state index contributed by atoms with van der Waals surface area (Å²) in [6, 6.07) is 9.98. The minimum Gasteiger partial charge on any atom is -0.396 e. The molecule has 0 aliphatic rings. The summed E-state index contributed by atoms with van der Waals surface area (Å²) in [7, 11) is 1.84. The highest BCUT2D eigenvalue weighted by molar-refractivity contribution is 5.85. The average molecular weight is 301 g/mol. The number of benzene rings is 1. The maximum absolute atomic E-state index is 11.9. The molecule has 0 aromatic heterocycles. The Bertz CT molecular complexity index is 373. The molecule has 114 valence electrons. The monoisotopic (exact) mass is 300 g/mol. The number of halogens is 1. The van der Waals surface area contributed by atoms with Crippen molar-refractivity contribution in [2.75, 3.05) is 26.7 Å². The van der Waals surface area contributed by atoms with Crippen molar-refractivity contribution in [3.8, 4) is 0 Å². The van der Waals surface area contributed by atoms with Gasteiger partial charge in [0.05, 0.1) is 0 Å². The molecule has 5 heteroatoms. The van der Waals surface area contributed by atoms with Crippen molar-refractivity contribution in [1.29, 1.82) is 0 Å². The van der Waals surface area contributed by atoms with Gasteiger partial charge >= 0.3 is 0 Å². The van der Waals surface area contributed by atoms with Crippen LogP contribution in [-0.2, 0) is 4.79 Å². The first kappa shape index (κ1) is 18.9. The first-order chi connectivity index (χ1) is 9.19. The van der Waals surface area contributed by atoms with Gasteiger partial charge in [-0.05, 0) is 19.0 Å². The molecule has 1 aromatic carbocycles. The number of carbonyl (C=O) groups excluding carboxylic acids is 1. The molecule has 0 radical (unpaired) electrons. The van der Waals surface area contributed by atoms with Crippen molar-refractivity contribution in [3.63, 3.8) is 0 Å². The summed E-state index contributed by atoms with van der Waals surface area (Å²) < 4.78 is 0. The Balaban J connectivity index is 0.00000361. The van der Waals surface area contributed by atoms with Gasteiger partial charge in [0.25, 0.3) is 0 Å². The van der Waals surface area contributed by atoms with Crippen LogP contribution in [0.1, 0.15) is 24.8 Å². The smallest absolute Gasteiger partial charge is 0.224 e. The van der Waals surface area contributed by atoms with Crippen LogP contribution in [0.15, 0.2) is 30.3 Å². The van der Waals surface area contributed by atoms with Crippen LogP contribution in [0.3, 0.4) is 0 Å². The van der Waals surface area contributed by atoms with E-state index in [2.05, 4.69) is 10.6 Å². The Kier molecular flexibility index (Phi) is 10.1. The largest absolute Gasteiger partial charge is 0.396 e. The lowest BCUT2D eigenvalue weighted by molar-refractivity contribution is -0.124. The van der Waals surface area contributed by atoms with Crippen molar-refractivity contribution in [1.82, 2.24) is 10.6 Å². The Labute approximate surface area is 127 Å². The molecule has 0 aliphatic carbocycles. The second-order valence-corrected chi connectivity index (χ2v) is 4.82. The number of aliphatic hydroxyl groups is 1. The molecule has 0 saturated heterocycles. The zero-order valence-electron chi connectivity index (χ0n) is 12.1. The Morgan fingerprint density at radius 3 is 2.45 bits per heavy atom. The van der Waals surface area contributed by atoms with Gasteiger partial charge in [0.2, 0.25) is 5.91 Å². The van der Waals surface area contributed by atoms with E-state index in [1.165, 1.54) is 0 Å². The fourth-order valence-electron chi connectivity index (χ4n) is 2.06. The molecule has 4 nitrogen and oxygen atoms in total. The van der Waals surface area contributed by atoms with E-state index < -0.39 is 0 Å². The highest BCUT2D eigenvalue weighted by Crippen LogP contribution is 2.18. The maximum Gasteiger partial charge on any atom is 0.224 e. The molecule has 3 N–H and O–H groups in total. The van der Waals surface area contributed by atoms with Crippen molar-refractivity contribution in [3.05, 3.63) is 35.9 Å². The summed E-state index contributed by atoms with van der Waals surface area (Å²) in [5, 5.41) is 15.1. The topological polar surface area (TPSA) is 61.4 Å². The molecule has 0 spiro atoms. The predicted molar refractivity (Wildman–Crippen MR) is 84.2 cm³/mol. The fraction of sp³-hybridized carbons (Fsp3) is 0.533. The molecule has 1 amide bonds. The Hall–Kier alpha value is -1.10. The van der Waals surface area contributed by atoms with Gasteiger partial charge in [0.1, 0.15) is 0 Å². The van der Waals surface area contributed by atoms with Gasteiger partial charge in [-0.25, -0.2) is 0 Å². The van der Waals surface area contributed by atoms with E-state index in [4.69, 9.17) is 5.11 Å². The predicted octanol–water partition coefficient (Wildman–Crippen LogP) is 1.55. The van der Waals surface area contributed by atoms with E-state index in [-0.39, 0.29) is 36.8 Å². The van der Waals surface area contributed by atoms with Gasteiger partial charge in [0.15, 0.2) is 0 Å². The molecule has 0 saturated carbocycles. The lowest BCUT2D eigenvalue weighted by atomic mass is 9.96. The summed E-state index contributed by atoms with van der Waals surface area (Å²) in [4.78, 5) is 11.9. The highest BCUT2D eigenvalue weighted by Gasteiger charge is 2.15. The summed E-state index contributed by atoms with van der Waals surface area (Å²) in [5.74, 6) is 0.167. The van der Waals surface area contributed by atoms with Gasteiger partial charge in [-0.2, -0.15) is 0 Å². The number of hydrogen-bond donors (Lipinski definition) is 3. The number of aliphatic hydroxyl groups excluding tert-OH is 1. The Morgan fingerprint density at radius 2 is 1.90 bits per heavy atom. The van der Waals surface area contributed by atoms with E-state index >= 15 is 0 Å². The van der Waals surface area contributed by atoms with Gasteiger partial charge in [-0.15, -0.1) is 12.4 Å². The van der Waals surface area contributed by atoms with Crippen molar-refractivity contribution in [2.45, 2.75) is 19.3 Å². The minimum absolute atomic E-state index is 0. The van der Waals surface area contributed by atoms with Crippen molar-refractivity contribution >= 4 is 18.3 Å². The van der Waals surface area contributed by atoms with Crippen LogP contribution in [0.25, 0.3) is 0 Å². The molecule has 20 heavy (non-hydrogen) atoms. The maximum atomic E-state index is 11.9. The van der Waals surface area contributed by atoms with Crippen LogP contribution in [-0.4, -0.2) is 37.8 Å². The number of rotatable bonds is 8. The third kappa shape index (κ3) is 6.37. The van der Waals surface area contributed by atoms with E-state index in [9.17, 15) is 4.79 Å². The molecule has 2 unspecified atom stereocenters. The van der Waals surface area contributed by atoms with E-state index in [1.54, 1.807) is 0 Å². The van der Waals surface area contributed by atoms with Crippen LogP contribution in [0.5, 0.6) is 0 Å². The molecule has 0 aliphatic heterocycles. The molecule has 2 atom stereocenters. The molecule has 0 fully saturated rings. The number of amides is 1. The standard InChI is InChI=1S/C15H24N2O2.ClH/c1-12(10-16-2)15(19)17-11-14(8-9-18)13-6-4-3-5-7-13;/h3-7,12,14,16,18H,8-11H2,1-2H3,(H,17,19);1H. The second kappa shape index (κ2) is 10.7. The zero-order valence-corrected chi connectivity index (χ0v) is 13.0. The third-order valence-corrected chi connectivity index (χ3v) is 3.23. The van der Waals surface area contributed by atoms with Gasteiger partial charge < -0.3 is 15.7 Å². The molecule has 0 heterocycles. The SMILES string of the molecule is CNCC(C)C(=O)NCC(CCO)c1ccccc1.Cl. The normalized spacial score (nSPS) is 13.2. The number of nitrogens with one attached hydrogen (secondary N) is 2. The van der Waals surface area contributed by atoms with Crippen LogP contribution in [0.2, 0.25) is 0 Å². The van der Waals surface area contributed by atoms with Gasteiger partial charge in [-0.1, -0.05) is 37.3 Å². The lowest BCUT2D eigenvalue weighted by Crippen LogP contribution is -2.36. The first-order valence-corrected chi connectivity index (χ1v) is 6.77. The highest BCUT2D eigenvalue weighted by atomic mass is 35.5. The van der Waals surface area contributed by atoms with Crippen LogP contribution in [0, 0.1) is 5.92 Å². The summed E-state index contributed by atoms with van der Waals surface area (Å²) in [6.45, 7) is 3.26. The molecule has 0 bridgehead atoms. The third-order valence-electron chi connectivity index (χ3n) is 3.23. The lowest BCUT2D eigenvalue weighted by Gasteiger charge is -2.19. The van der Waals surface area contributed by atoms with Crippen LogP contribution >= 0.6 is 12.4 Å². The van der Waals surface area contributed by atoms with Gasteiger partial charge in [-0.3, -0.25) is 4.79 Å². The molecular weight excluding hydrogens is 276 g/mol. The molecule has 1 rings (SSSR count). The first-order valence-electron chi connectivity index (χ1n) is 6.77. The van der Waals surface area contributed by atoms with E-state index in [0.717, 1.165) is 5.56 Å². The van der Waals surface area contributed by atoms with Crippen molar-refractivity contribution < 1.29 is 9.90 Å². The van der Waals surface area contributed by atoms with Crippen LogP contribution in [0.4, 0.5) is 0 Å². The summed E-state index contributed by atoms with van der Waals surface area (Å²) in [5.41, 5.74) is 1.15. The van der Waals surface area contributed by atoms with E-state index in [0.29, 0.717) is 19.5 Å². The van der Waals surface area contributed by atoms with Gasteiger partial charge in [0, 0.05) is 31.5 Å². The summed E-state index contributed by atoms with van der Waals surface area (Å²) >= 11 is 0. The molecule has 1 aromatic rings. The number of carbonyl (C=O) groups is 1.